The second-order valence-corrected chi connectivity index (χ2v) is 6.41. The van der Waals surface area contributed by atoms with Crippen molar-refractivity contribution in [2.75, 3.05) is 11.9 Å². The topological polar surface area (TPSA) is 68.3 Å². The SMILES string of the molecule is O=C(COC(=O)c1cccc2ncccc12)Nc1ccccc1SC(F)F. The molecule has 0 aliphatic carbocycles. The molecule has 0 unspecified atom stereocenters. The van der Waals surface area contributed by atoms with E-state index in [1.54, 1.807) is 48.7 Å². The van der Waals surface area contributed by atoms with Crippen LogP contribution in [0.1, 0.15) is 10.4 Å². The molecular weight excluding hydrogens is 374 g/mol. The van der Waals surface area contributed by atoms with E-state index >= 15 is 0 Å². The molecule has 1 amide bonds. The van der Waals surface area contributed by atoms with Crippen molar-refractivity contribution < 1.29 is 23.1 Å². The molecule has 5 nitrogen and oxygen atoms in total. The van der Waals surface area contributed by atoms with Crippen LogP contribution in [0.25, 0.3) is 10.9 Å². The summed E-state index contributed by atoms with van der Waals surface area (Å²) in [5.74, 6) is -3.90. The van der Waals surface area contributed by atoms with Crippen LogP contribution in [0.5, 0.6) is 0 Å². The zero-order valence-corrected chi connectivity index (χ0v) is 14.7. The first-order chi connectivity index (χ1) is 13.0. The van der Waals surface area contributed by atoms with E-state index in [4.69, 9.17) is 4.74 Å². The largest absolute Gasteiger partial charge is 0.452 e. The van der Waals surface area contributed by atoms with Crippen molar-refractivity contribution in [2.24, 2.45) is 0 Å². The van der Waals surface area contributed by atoms with Crippen LogP contribution in [0.4, 0.5) is 14.5 Å². The molecule has 1 N–H and O–H groups in total. The average molecular weight is 388 g/mol. The molecule has 138 valence electrons. The number of carbonyl (C=O) groups excluding carboxylic acids is 2. The van der Waals surface area contributed by atoms with Crippen LogP contribution in [-0.2, 0) is 9.53 Å². The number of hydrogen-bond donors (Lipinski definition) is 1. The summed E-state index contributed by atoms with van der Waals surface area (Å²) in [7, 11) is 0. The third-order valence-electron chi connectivity index (χ3n) is 3.58. The summed E-state index contributed by atoms with van der Waals surface area (Å²) in [6.07, 6.45) is 1.61. The Morgan fingerprint density at radius 3 is 2.70 bits per heavy atom. The van der Waals surface area contributed by atoms with Crippen LogP contribution in [-0.4, -0.2) is 29.2 Å². The number of rotatable bonds is 6. The summed E-state index contributed by atoms with van der Waals surface area (Å²) in [6.45, 7) is -0.539. The Morgan fingerprint density at radius 1 is 1.07 bits per heavy atom. The van der Waals surface area contributed by atoms with Gasteiger partial charge >= 0.3 is 5.97 Å². The lowest BCUT2D eigenvalue weighted by molar-refractivity contribution is -0.119. The van der Waals surface area contributed by atoms with Gasteiger partial charge in [-0.25, -0.2) is 4.79 Å². The van der Waals surface area contributed by atoms with Crippen LogP contribution < -0.4 is 5.32 Å². The molecule has 0 saturated heterocycles. The normalized spacial score (nSPS) is 10.8. The van der Waals surface area contributed by atoms with Gasteiger partial charge in [0.1, 0.15) is 0 Å². The van der Waals surface area contributed by atoms with Gasteiger partial charge in [0.2, 0.25) is 0 Å². The molecule has 1 aromatic heterocycles. The molecule has 2 aromatic carbocycles. The molecule has 0 saturated carbocycles. The smallest absolute Gasteiger partial charge is 0.339 e. The number of amides is 1. The number of aromatic nitrogens is 1. The maximum atomic E-state index is 12.6. The lowest BCUT2D eigenvalue weighted by Gasteiger charge is -2.11. The molecule has 27 heavy (non-hydrogen) atoms. The Kier molecular flexibility index (Phi) is 5.97. The number of benzene rings is 2. The van der Waals surface area contributed by atoms with Gasteiger partial charge in [0.15, 0.2) is 6.61 Å². The molecule has 1 heterocycles. The van der Waals surface area contributed by atoms with Crippen molar-refractivity contribution in [3.8, 4) is 0 Å². The van der Waals surface area contributed by atoms with Crippen LogP contribution in [0.3, 0.4) is 0 Å². The predicted molar refractivity (Wildman–Crippen MR) is 99.0 cm³/mol. The van der Waals surface area contributed by atoms with Gasteiger partial charge in [-0.2, -0.15) is 8.78 Å². The van der Waals surface area contributed by atoms with Crippen molar-refractivity contribution in [1.29, 1.82) is 0 Å². The first kappa shape index (κ1) is 18.8. The fourth-order valence-electron chi connectivity index (χ4n) is 2.45. The second-order valence-electron chi connectivity index (χ2n) is 5.37. The number of nitrogens with zero attached hydrogens (tertiary/aromatic N) is 1. The third-order valence-corrected chi connectivity index (χ3v) is 4.37. The Bertz CT molecular complexity index is 977. The van der Waals surface area contributed by atoms with E-state index in [2.05, 4.69) is 10.3 Å². The maximum Gasteiger partial charge on any atom is 0.339 e. The zero-order chi connectivity index (χ0) is 19.2. The van der Waals surface area contributed by atoms with Gasteiger partial charge in [-0.3, -0.25) is 9.78 Å². The van der Waals surface area contributed by atoms with Crippen molar-refractivity contribution >= 4 is 40.2 Å². The summed E-state index contributed by atoms with van der Waals surface area (Å²) >= 11 is 0.327. The quantitative estimate of drug-likeness (QED) is 0.502. The van der Waals surface area contributed by atoms with Crippen LogP contribution in [0.15, 0.2) is 65.7 Å². The van der Waals surface area contributed by atoms with Crippen molar-refractivity contribution in [1.82, 2.24) is 4.98 Å². The van der Waals surface area contributed by atoms with E-state index in [0.29, 0.717) is 28.2 Å². The Labute approximate surface area is 157 Å². The molecule has 0 bridgehead atoms. The first-order valence-corrected chi connectivity index (χ1v) is 8.77. The van der Waals surface area contributed by atoms with Gasteiger partial charge < -0.3 is 10.1 Å². The monoisotopic (exact) mass is 388 g/mol. The van der Waals surface area contributed by atoms with Gasteiger partial charge in [-0.05, 0) is 30.3 Å². The summed E-state index contributed by atoms with van der Waals surface area (Å²) < 4.78 is 30.2. The number of thioether (sulfide) groups is 1. The minimum atomic E-state index is -2.61. The van der Waals surface area contributed by atoms with Gasteiger partial charge in [-0.1, -0.05) is 36.0 Å². The van der Waals surface area contributed by atoms with E-state index in [0.717, 1.165) is 0 Å². The molecule has 0 atom stereocenters. The van der Waals surface area contributed by atoms with Crippen molar-refractivity contribution in [3.05, 3.63) is 66.4 Å². The lowest BCUT2D eigenvalue weighted by atomic mass is 10.1. The number of alkyl halides is 2. The first-order valence-electron chi connectivity index (χ1n) is 7.89. The standard InChI is InChI=1S/C19H14F2N2O3S/c20-19(21)27-16-9-2-1-7-15(16)23-17(24)11-26-18(25)13-5-3-8-14-12(13)6-4-10-22-14/h1-10,19H,11H2,(H,23,24). The number of esters is 1. The van der Waals surface area contributed by atoms with Crippen molar-refractivity contribution in [3.63, 3.8) is 0 Å². The van der Waals surface area contributed by atoms with E-state index in [-0.39, 0.29) is 10.6 Å². The van der Waals surface area contributed by atoms with Crippen LogP contribution in [0, 0.1) is 0 Å². The van der Waals surface area contributed by atoms with E-state index in [9.17, 15) is 18.4 Å². The summed E-state index contributed by atoms with van der Waals surface area (Å²) in [6, 6.07) is 14.6. The molecule has 0 aliphatic heterocycles. The van der Waals surface area contributed by atoms with E-state index < -0.39 is 24.2 Å². The average Bonchev–Trinajstić information content (AvgIpc) is 2.67. The highest BCUT2D eigenvalue weighted by atomic mass is 32.2. The van der Waals surface area contributed by atoms with Crippen molar-refractivity contribution in [2.45, 2.75) is 10.7 Å². The molecule has 0 radical (unpaired) electrons. The number of carbonyl (C=O) groups is 2. The number of ether oxygens (including phenoxy) is 1. The number of nitrogens with one attached hydrogen (secondary N) is 1. The Hall–Kier alpha value is -3.00. The second kappa shape index (κ2) is 8.59. The fraction of sp³-hybridized carbons (Fsp3) is 0.105. The van der Waals surface area contributed by atoms with Crippen LogP contribution in [0.2, 0.25) is 0 Å². The molecule has 8 heteroatoms. The molecule has 0 fully saturated rings. The highest BCUT2D eigenvalue weighted by molar-refractivity contribution is 7.99. The fourth-order valence-corrected chi connectivity index (χ4v) is 3.04. The molecule has 3 aromatic rings. The molecule has 0 aliphatic rings. The van der Waals surface area contributed by atoms with Gasteiger partial charge in [0, 0.05) is 16.5 Å². The number of fused-ring (bicyclic) bond motifs is 1. The van der Waals surface area contributed by atoms with Crippen LogP contribution >= 0.6 is 11.8 Å². The van der Waals surface area contributed by atoms with Gasteiger partial charge in [0.05, 0.1) is 16.8 Å². The van der Waals surface area contributed by atoms with Gasteiger partial charge in [-0.15, -0.1) is 0 Å². The number of pyridine rings is 1. The molecule has 3 rings (SSSR count). The van der Waals surface area contributed by atoms with E-state index in [1.807, 2.05) is 0 Å². The third kappa shape index (κ3) is 4.79. The minimum absolute atomic E-state index is 0.229. The minimum Gasteiger partial charge on any atom is -0.452 e. The summed E-state index contributed by atoms with van der Waals surface area (Å²) in [4.78, 5) is 28.7. The lowest BCUT2D eigenvalue weighted by Crippen LogP contribution is -2.21. The Balaban J connectivity index is 1.65. The zero-order valence-electron chi connectivity index (χ0n) is 13.9. The molecular formula is C19H14F2N2O3S. The predicted octanol–water partition coefficient (Wildman–Crippen LogP) is 4.35. The highest BCUT2D eigenvalue weighted by Crippen LogP contribution is 2.31. The van der Waals surface area contributed by atoms with E-state index in [1.165, 1.54) is 12.1 Å². The number of halogens is 2. The summed E-state index contributed by atoms with van der Waals surface area (Å²) in [5.41, 5.74) is 1.16. The maximum absolute atomic E-state index is 12.6. The number of hydrogen-bond acceptors (Lipinski definition) is 5. The van der Waals surface area contributed by atoms with Gasteiger partial charge in [0.25, 0.3) is 11.7 Å². The molecule has 0 spiro atoms. The number of anilines is 1. The number of para-hydroxylation sites is 1. The summed E-state index contributed by atoms with van der Waals surface area (Å²) in [5, 5.41) is 3.09. The Morgan fingerprint density at radius 2 is 1.89 bits per heavy atom. The highest BCUT2D eigenvalue weighted by Gasteiger charge is 2.15.